The van der Waals surface area contributed by atoms with Gasteiger partial charge < -0.3 is 15.4 Å². The maximum atomic E-state index is 12.7. The summed E-state index contributed by atoms with van der Waals surface area (Å²) in [5, 5.41) is 5.73. The number of para-hydroxylation sites is 1. The number of carbonyl (C=O) groups is 2. The second-order valence-electron chi connectivity index (χ2n) is 6.77. The van der Waals surface area contributed by atoms with Crippen LogP contribution in [-0.4, -0.2) is 65.5 Å². The van der Waals surface area contributed by atoms with E-state index in [-0.39, 0.29) is 23.3 Å². The number of aromatic nitrogens is 2. The van der Waals surface area contributed by atoms with Gasteiger partial charge in [0.25, 0.3) is 11.8 Å². The lowest BCUT2D eigenvalue weighted by molar-refractivity contribution is 0.0383. The average Bonchev–Trinajstić information content (AvgIpc) is 3.15. The number of fused-ring (bicyclic) bond motifs is 1. The summed E-state index contributed by atoms with van der Waals surface area (Å²) in [7, 11) is 0. The average molecular weight is 393 g/mol. The first-order valence-electron chi connectivity index (χ1n) is 9.64. The normalized spacial score (nSPS) is 14.6. The molecule has 1 aromatic carbocycles. The molecule has 2 amide bonds. The van der Waals surface area contributed by atoms with Crippen molar-refractivity contribution < 1.29 is 14.3 Å². The Morgan fingerprint density at radius 2 is 1.76 bits per heavy atom. The number of nitrogens with zero attached hydrogens (tertiary/aromatic N) is 3. The van der Waals surface area contributed by atoms with Gasteiger partial charge in [-0.3, -0.25) is 18.9 Å². The van der Waals surface area contributed by atoms with E-state index in [0.29, 0.717) is 17.7 Å². The van der Waals surface area contributed by atoms with Crippen LogP contribution in [0.25, 0.3) is 5.52 Å². The highest BCUT2D eigenvalue weighted by atomic mass is 16.5. The van der Waals surface area contributed by atoms with E-state index in [1.54, 1.807) is 34.9 Å². The number of hydrogen-bond donors (Lipinski definition) is 2. The van der Waals surface area contributed by atoms with Crippen molar-refractivity contribution in [1.29, 1.82) is 0 Å². The molecule has 1 saturated heterocycles. The summed E-state index contributed by atoms with van der Waals surface area (Å²) in [6.45, 7) is 4.43. The number of imidazole rings is 1. The van der Waals surface area contributed by atoms with E-state index in [1.807, 2.05) is 24.3 Å². The van der Waals surface area contributed by atoms with Gasteiger partial charge in [0.2, 0.25) is 5.82 Å². The van der Waals surface area contributed by atoms with Crippen LogP contribution in [0.2, 0.25) is 0 Å². The molecule has 0 spiro atoms. The largest absolute Gasteiger partial charge is 0.379 e. The zero-order chi connectivity index (χ0) is 20.1. The Morgan fingerprint density at radius 1 is 1.00 bits per heavy atom. The Hall–Kier alpha value is -3.23. The lowest BCUT2D eigenvalue weighted by Crippen LogP contribution is -2.41. The molecule has 1 aliphatic rings. The molecule has 3 aromatic rings. The summed E-state index contributed by atoms with van der Waals surface area (Å²) in [5.74, 6) is -0.466. The topological polar surface area (TPSA) is 88.0 Å². The molecule has 0 atom stereocenters. The SMILES string of the molecule is O=C(Nc1ccccc1)c1nc(C(=O)NCCN2CCOCC2)n2ccccc12. The van der Waals surface area contributed by atoms with Crippen LogP contribution in [0.15, 0.2) is 54.7 Å². The van der Waals surface area contributed by atoms with Gasteiger partial charge in [0, 0.05) is 38.1 Å². The number of morpholine rings is 1. The predicted octanol–water partition coefficient (Wildman–Crippen LogP) is 1.65. The highest BCUT2D eigenvalue weighted by molar-refractivity contribution is 6.08. The second-order valence-corrected chi connectivity index (χ2v) is 6.77. The first-order valence-corrected chi connectivity index (χ1v) is 9.64. The van der Waals surface area contributed by atoms with Crippen LogP contribution >= 0.6 is 0 Å². The Kier molecular flexibility index (Phi) is 5.83. The first kappa shape index (κ1) is 19.1. The molecule has 150 valence electrons. The monoisotopic (exact) mass is 393 g/mol. The molecule has 0 saturated carbocycles. The summed E-state index contributed by atoms with van der Waals surface area (Å²) < 4.78 is 6.98. The number of anilines is 1. The Balaban J connectivity index is 1.49. The van der Waals surface area contributed by atoms with Gasteiger partial charge in [-0.2, -0.15) is 0 Å². The minimum absolute atomic E-state index is 0.195. The van der Waals surface area contributed by atoms with Gasteiger partial charge >= 0.3 is 0 Å². The third-order valence-electron chi connectivity index (χ3n) is 4.82. The standard InChI is InChI=1S/C21H23N5O3/c27-20(23-16-6-2-1-3-7-16)18-17-8-4-5-10-26(17)19(24-18)21(28)22-9-11-25-12-14-29-15-13-25/h1-8,10H,9,11-15H2,(H,22,28)(H,23,27). The lowest BCUT2D eigenvalue weighted by atomic mass is 10.3. The van der Waals surface area contributed by atoms with Gasteiger partial charge in [0.05, 0.1) is 18.7 Å². The first-order chi connectivity index (χ1) is 14.2. The molecule has 2 N–H and O–H groups in total. The summed E-state index contributed by atoms with van der Waals surface area (Å²) in [4.78, 5) is 32.1. The molecule has 0 bridgehead atoms. The molecule has 29 heavy (non-hydrogen) atoms. The molecule has 2 aromatic heterocycles. The van der Waals surface area contributed by atoms with Gasteiger partial charge in [-0.15, -0.1) is 0 Å². The number of ether oxygens (including phenoxy) is 1. The van der Waals surface area contributed by atoms with Crippen molar-refractivity contribution in [1.82, 2.24) is 19.6 Å². The Labute approximate surface area is 168 Å². The number of carbonyl (C=O) groups excluding carboxylic acids is 2. The van der Waals surface area contributed by atoms with Crippen LogP contribution in [0.3, 0.4) is 0 Å². The summed E-state index contributed by atoms with van der Waals surface area (Å²) in [5.41, 5.74) is 1.47. The third-order valence-corrected chi connectivity index (χ3v) is 4.82. The van der Waals surface area contributed by atoms with E-state index < -0.39 is 0 Å². The van der Waals surface area contributed by atoms with Crippen molar-refractivity contribution in [2.45, 2.75) is 0 Å². The molecule has 1 fully saturated rings. The summed E-state index contributed by atoms with van der Waals surface area (Å²) in [6, 6.07) is 14.6. The van der Waals surface area contributed by atoms with Crippen LogP contribution in [0.5, 0.6) is 0 Å². The molecule has 1 aliphatic heterocycles. The van der Waals surface area contributed by atoms with Gasteiger partial charge in [0.15, 0.2) is 5.69 Å². The number of hydrogen-bond acceptors (Lipinski definition) is 5. The zero-order valence-corrected chi connectivity index (χ0v) is 16.0. The number of pyridine rings is 1. The van der Waals surface area contributed by atoms with E-state index in [0.717, 1.165) is 32.8 Å². The van der Waals surface area contributed by atoms with Crippen molar-refractivity contribution in [2.24, 2.45) is 0 Å². The van der Waals surface area contributed by atoms with Crippen LogP contribution in [0.1, 0.15) is 21.1 Å². The minimum atomic E-state index is -0.354. The highest BCUT2D eigenvalue weighted by Crippen LogP contribution is 2.16. The fourth-order valence-corrected chi connectivity index (χ4v) is 3.31. The van der Waals surface area contributed by atoms with E-state index in [4.69, 9.17) is 4.74 Å². The smallest absolute Gasteiger partial charge is 0.287 e. The quantitative estimate of drug-likeness (QED) is 0.665. The van der Waals surface area contributed by atoms with Gasteiger partial charge in [-0.05, 0) is 24.3 Å². The van der Waals surface area contributed by atoms with Crippen LogP contribution < -0.4 is 10.6 Å². The molecule has 0 radical (unpaired) electrons. The van der Waals surface area contributed by atoms with E-state index >= 15 is 0 Å². The maximum absolute atomic E-state index is 12.7. The number of nitrogens with one attached hydrogen (secondary N) is 2. The highest BCUT2D eigenvalue weighted by Gasteiger charge is 2.21. The summed E-state index contributed by atoms with van der Waals surface area (Å²) >= 11 is 0. The third kappa shape index (κ3) is 4.44. The van der Waals surface area contributed by atoms with E-state index in [1.165, 1.54) is 0 Å². The number of benzene rings is 1. The van der Waals surface area contributed by atoms with Crippen molar-refractivity contribution in [2.75, 3.05) is 44.7 Å². The lowest BCUT2D eigenvalue weighted by Gasteiger charge is -2.26. The molecule has 4 rings (SSSR count). The minimum Gasteiger partial charge on any atom is -0.379 e. The molecule has 0 unspecified atom stereocenters. The molecule has 3 heterocycles. The van der Waals surface area contributed by atoms with Crippen LogP contribution in [0.4, 0.5) is 5.69 Å². The zero-order valence-electron chi connectivity index (χ0n) is 16.0. The number of rotatable bonds is 6. The molecular formula is C21H23N5O3. The van der Waals surface area contributed by atoms with Crippen molar-refractivity contribution in [3.05, 3.63) is 66.2 Å². The van der Waals surface area contributed by atoms with Crippen LogP contribution in [-0.2, 0) is 4.74 Å². The van der Waals surface area contributed by atoms with Crippen molar-refractivity contribution >= 4 is 23.0 Å². The fraction of sp³-hybridized carbons (Fsp3) is 0.286. The van der Waals surface area contributed by atoms with Gasteiger partial charge in [-0.1, -0.05) is 24.3 Å². The fourth-order valence-electron chi connectivity index (χ4n) is 3.31. The van der Waals surface area contributed by atoms with Gasteiger partial charge in [0.1, 0.15) is 0 Å². The molecule has 8 nitrogen and oxygen atoms in total. The molecule has 0 aliphatic carbocycles. The maximum Gasteiger partial charge on any atom is 0.287 e. The van der Waals surface area contributed by atoms with Crippen molar-refractivity contribution in [3.8, 4) is 0 Å². The van der Waals surface area contributed by atoms with Crippen LogP contribution in [0, 0.1) is 0 Å². The Morgan fingerprint density at radius 3 is 2.55 bits per heavy atom. The molecule has 8 heteroatoms. The van der Waals surface area contributed by atoms with Crippen molar-refractivity contribution in [3.63, 3.8) is 0 Å². The molecular weight excluding hydrogens is 370 g/mol. The van der Waals surface area contributed by atoms with E-state index in [2.05, 4.69) is 20.5 Å². The predicted molar refractivity (Wildman–Crippen MR) is 109 cm³/mol. The summed E-state index contributed by atoms with van der Waals surface area (Å²) in [6.07, 6.45) is 1.73. The Bertz CT molecular complexity index is 996. The second kappa shape index (κ2) is 8.85. The van der Waals surface area contributed by atoms with Gasteiger partial charge in [-0.25, -0.2) is 4.98 Å². The number of amides is 2. The van der Waals surface area contributed by atoms with E-state index in [9.17, 15) is 9.59 Å².